The fraction of sp³-hybridized carbons (Fsp3) is 0.500. The third-order valence-corrected chi connectivity index (χ3v) is 3.89. The maximum atomic E-state index is 10.8. The molecule has 0 spiro atoms. The smallest absolute Gasteiger partial charge is 0.356 e. The van der Waals surface area contributed by atoms with Crippen molar-refractivity contribution < 1.29 is 9.90 Å². The maximum Gasteiger partial charge on any atom is 0.356 e. The second-order valence-electron chi connectivity index (χ2n) is 4.77. The van der Waals surface area contributed by atoms with Crippen molar-refractivity contribution in [1.82, 2.24) is 9.55 Å². The molecule has 4 nitrogen and oxygen atoms in total. The first-order chi connectivity index (χ1) is 7.70. The number of rotatable bonds is 2. The molecule has 1 N–H and O–H groups in total. The summed E-state index contributed by atoms with van der Waals surface area (Å²) in [5.41, 5.74) is 0.130. The van der Waals surface area contributed by atoms with Crippen LogP contribution in [0.25, 0.3) is 0 Å². The van der Waals surface area contributed by atoms with Crippen LogP contribution in [0.3, 0.4) is 0 Å². The van der Waals surface area contributed by atoms with Gasteiger partial charge in [0.2, 0.25) is 0 Å². The second kappa shape index (κ2) is 3.20. The van der Waals surface area contributed by atoms with Crippen LogP contribution >= 0.6 is 0 Å². The Morgan fingerprint density at radius 1 is 1.50 bits per heavy atom. The number of hydrogen-bond donors (Lipinski definition) is 1. The van der Waals surface area contributed by atoms with Crippen molar-refractivity contribution >= 4 is 5.97 Å². The van der Waals surface area contributed by atoms with Gasteiger partial charge in [0.25, 0.3) is 0 Å². The van der Waals surface area contributed by atoms with Crippen LogP contribution in [0.15, 0.2) is 24.7 Å². The van der Waals surface area contributed by atoms with E-state index < -0.39 is 5.97 Å². The molecule has 0 radical (unpaired) electrons. The van der Waals surface area contributed by atoms with Gasteiger partial charge in [-0.25, -0.2) is 9.78 Å². The van der Waals surface area contributed by atoms with E-state index in [0.29, 0.717) is 0 Å². The number of aromatic nitrogens is 2. The van der Waals surface area contributed by atoms with Gasteiger partial charge in [-0.05, 0) is 31.6 Å². The Labute approximate surface area is 93.6 Å². The lowest BCUT2D eigenvalue weighted by molar-refractivity contribution is 0.0690. The van der Waals surface area contributed by atoms with Crippen LogP contribution in [-0.2, 0) is 5.54 Å². The highest BCUT2D eigenvalue weighted by molar-refractivity contribution is 5.84. The Kier molecular flexibility index (Phi) is 1.93. The fourth-order valence-electron chi connectivity index (χ4n) is 2.84. The third-order valence-electron chi connectivity index (χ3n) is 3.89. The van der Waals surface area contributed by atoms with Crippen LogP contribution in [-0.4, -0.2) is 20.6 Å². The molecule has 3 aliphatic carbocycles. The van der Waals surface area contributed by atoms with Crippen molar-refractivity contribution in [2.24, 2.45) is 5.92 Å². The molecule has 4 rings (SSSR count). The number of hydrogen-bond acceptors (Lipinski definition) is 2. The molecule has 84 valence electrons. The zero-order valence-electron chi connectivity index (χ0n) is 8.97. The van der Waals surface area contributed by atoms with Crippen molar-refractivity contribution in [3.63, 3.8) is 0 Å². The standard InChI is InChI=1S/C12H14N2O2/c15-11(16)10-7-14(8-13-10)12-4-1-9(2-5-12)3-6-12/h1,4,7-9H,2-3,5-6H2,(H,15,16). The molecule has 4 heteroatoms. The summed E-state index contributed by atoms with van der Waals surface area (Å²) in [4.78, 5) is 14.7. The highest BCUT2D eigenvalue weighted by Crippen LogP contribution is 2.44. The van der Waals surface area contributed by atoms with Gasteiger partial charge in [-0.15, -0.1) is 0 Å². The number of carboxylic acid groups (broad SMARTS) is 1. The predicted octanol–water partition coefficient (Wildman–Crippen LogP) is 2.04. The number of carboxylic acids is 1. The molecule has 1 saturated carbocycles. The number of aromatic carboxylic acids is 1. The van der Waals surface area contributed by atoms with Crippen LogP contribution in [0.1, 0.15) is 36.2 Å². The zero-order chi connectivity index (χ0) is 11.2. The van der Waals surface area contributed by atoms with E-state index in [1.807, 2.05) is 4.57 Å². The summed E-state index contributed by atoms with van der Waals surface area (Å²) < 4.78 is 1.97. The van der Waals surface area contributed by atoms with E-state index >= 15 is 0 Å². The van der Waals surface area contributed by atoms with Crippen LogP contribution in [0.4, 0.5) is 0 Å². The largest absolute Gasteiger partial charge is 0.476 e. The van der Waals surface area contributed by atoms with E-state index in [0.717, 1.165) is 18.8 Å². The van der Waals surface area contributed by atoms with Gasteiger partial charge in [0.05, 0.1) is 11.9 Å². The third kappa shape index (κ3) is 1.29. The van der Waals surface area contributed by atoms with Gasteiger partial charge < -0.3 is 9.67 Å². The van der Waals surface area contributed by atoms with Crippen molar-refractivity contribution in [2.75, 3.05) is 0 Å². The molecule has 1 aromatic rings. The molecule has 0 amide bonds. The molecule has 2 bridgehead atoms. The lowest BCUT2D eigenvalue weighted by atomic mass is 9.71. The Hall–Kier alpha value is -1.58. The molecule has 0 atom stereocenters. The van der Waals surface area contributed by atoms with Gasteiger partial charge in [0.15, 0.2) is 5.69 Å². The minimum atomic E-state index is -0.955. The molecule has 1 aromatic heterocycles. The quantitative estimate of drug-likeness (QED) is 0.773. The Bertz CT molecular complexity index is 453. The number of imidazole rings is 1. The fourth-order valence-corrected chi connectivity index (χ4v) is 2.84. The first-order valence-corrected chi connectivity index (χ1v) is 5.67. The monoisotopic (exact) mass is 218 g/mol. The second-order valence-corrected chi connectivity index (χ2v) is 4.77. The first-order valence-electron chi connectivity index (χ1n) is 5.67. The van der Waals surface area contributed by atoms with Crippen LogP contribution in [0, 0.1) is 5.92 Å². The molecule has 0 saturated heterocycles. The lowest BCUT2D eigenvalue weighted by Gasteiger charge is -2.42. The Balaban J connectivity index is 1.99. The first kappa shape index (κ1) is 9.63. The van der Waals surface area contributed by atoms with Crippen molar-refractivity contribution in [3.05, 3.63) is 30.4 Å². The summed E-state index contributed by atoms with van der Waals surface area (Å²) in [5.74, 6) is -0.215. The number of carbonyl (C=O) groups is 1. The topological polar surface area (TPSA) is 55.1 Å². The molecule has 0 aliphatic heterocycles. The minimum absolute atomic E-state index is 0.00451. The summed E-state index contributed by atoms with van der Waals surface area (Å²) in [7, 11) is 0. The average Bonchev–Trinajstić information content (AvgIpc) is 2.81. The van der Waals surface area contributed by atoms with E-state index in [1.165, 1.54) is 12.8 Å². The highest BCUT2D eigenvalue weighted by Gasteiger charge is 2.38. The Morgan fingerprint density at radius 3 is 2.75 bits per heavy atom. The van der Waals surface area contributed by atoms with Gasteiger partial charge in [-0.2, -0.15) is 0 Å². The van der Waals surface area contributed by atoms with E-state index in [2.05, 4.69) is 17.1 Å². The number of fused-ring (bicyclic) bond motifs is 2. The zero-order valence-corrected chi connectivity index (χ0v) is 8.97. The van der Waals surface area contributed by atoms with Crippen LogP contribution in [0.5, 0.6) is 0 Å². The normalized spacial score (nSPS) is 31.9. The van der Waals surface area contributed by atoms with Gasteiger partial charge >= 0.3 is 5.97 Å². The van der Waals surface area contributed by atoms with Gasteiger partial charge in [0.1, 0.15) is 0 Å². The molecule has 0 unspecified atom stereocenters. The molecule has 1 heterocycles. The SMILES string of the molecule is O=C(O)c1cn(C23C=CC(CC2)CC3)cn1. The van der Waals surface area contributed by atoms with Gasteiger partial charge in [0, 0.05) is 6.20 Å². The van der Waals surface area contributed by atoms with Crippen molar-refractivity contribution in [1.29, 1.82) is 0 Å². The van der Waals surface area contributed by atoms with E-state index in [-0.39, 0.29) is 11.2 Å². The van der Waals surface area contributed by atoms with E-state index in [9.17, 15) is 4.79 Å². The van der Waals surface area contributed by atoms with Crippen LogP contribution < -0.4 is 0 Å². The molecule has 1 fully saturated rings. The molecule has 3 aliphatic rings. The minimum Gasteiger partial charge on any atom is -0.476 e. The number of allylic oxidation sites excluding steroid dienone is 2. The molecular weight excluding hydrogens is 204 g/mol. The predicted molar refractivity (Wildman–Crippen MR) is 58.3 cm³/mol. The summed E-state index contributed by atoms with van der Waals surface area (Å²) in [6.07, 6.45) is 12.4. The summed E-state index contributed by atoms with van der Waals surface area (Å²) >= 11 is 0. The number of nitrogens with zero attached hydrogens (tertiary/aromatic N) is 2. The van der Waals surface area contributed by atoms with Gasteiger partial charge in [-0.1, -0.05) is 12.2 Å². The van der Waals surface area contributed by atoms with Crippen LogP contribution in [0.2, 0.25) is 0 Å². The van der Waals surface area contributed by atoms with Crippen molar-refractivity contribution in [2.45, 2.75) is 31.2 Å². The van der Waals surface area contributed by atoms with E-state index in [4.69, 9.17) is 5.11 Å². The van der Waals surface area contributed by atoms with Gasteiger partial charge in [-0.3, -0.25) is 0 Å². The molecule has 0 aromatic carbocycles. The summed E-state index contributed by atoms with van der Waals surface area (Å²) in [6.45, 7) is 0. The molecular formula is C12H14N2O2. The van der Waals surface area contributed by atoms with Crippen molar-refractivity contribution in [3.8, 4) is 0 Å². The molecule has 16 heavy (non-hydrogen) atoms. The lowest BCUT2D eigenvalue weighted by Crippen LogP contribution is -2.38. The Morgan fingerprint density at radius 2 is 2.25 bits per heavy atom. The average molecular weight is 218 g/mol. The summed E-state index contributed by atoms with van der Waals surface area (Å²) in [6, 6.07) is 0. The highest BCUT2D eigenvalue weighted by atomic mass is 16.4. The van der Waals surface area contributed by atoms with E-state index in [1.54, 1.807) is 12.5 Å². The summed E-state index contributed by atoms with van der Waals surface area (Å²) in [5, 5.41) is 8.87. The maximum absolute atomic E-state index is 10.8.